The van der Waals surface area contributed by atoms with Gasteiger partial charge < -0.3 is 0 Å². The predicted octanol–water partition coefficient (Wildman–Crippen LogP) is 4.34. The molecule has 4 heteroatoms. The van der Waals surface area contributed by atoms with E-state index in [0.717, 1.165) is 5.56 Å². The molecule has 0 bridgehead atoms. The first-order valence-electron chi connectivity index (χ1n) is 4.23. The number of rotatable bonds is 0. The van der Waals surface area contributed by atoms with E-state index in [1.54, 1.807) is 6.07 Å². The van der Waals surface area contributed by atoms with Crippen molar-refractivity contribution < 1.29 is 4.79 Å². The zero-order valence-corrected chi connectivity index (χ0v) is 9.67. The molecule has 1 atom stereocenters. The molecule has 0 saturated heterocycles. The van der Waals surface area contributed by atoms with Gasteiger partial charge in [-0.25, -0.2) is 0 Å². The van der Waals surface area contributed by atoms with Crippen LogP contribution in [0.1, 0.15) is 35.2 Å². The molecular weight excluding hydrogens is 242 g/mol. The molecule has 0 saturated carbocycles. The van der Waals surface area contributed by atoms with Crippen LogP contribution in [0.15, 0.2) is 6.07 Å². The average molecular weight is 250 g/mol. The molecule has 1 aliphatic carbocycles. The highest BCUT2D eigenvalue weighted by Crippen LogP contribution is 2.43. The first-order valence-corrected chi connectivity index (χ1v) is 5.36. The number of hydrogen-bond donors (Lipinski definition) is 0. The van der Waals surface area contributed by atoms with E-state index < -0.39 is 0 Å². The number of benzene rings is 1. The summed E-state index contributed by atoms with van der Waals surface area (Å²) in [5.41, 5.74) is 1.46. The van der Waals surface area contributed by atoms with Gasteiger partial charge in [-0.3, -0.25) is 4.79 Å². The smallest absolute Gasteiger partial charge is 0.165 e. The highest BCUT2D eigenvalue weighted by atomic mass is 35.5. The summed E-state index contributed by atoms with van der Waals surface area (Å²) in [4.78, 5) is 11.6. The maximum Gasteiger partial charge on any atom is 0.165 e. The number of halogens is 3. The van der Waals surface area contributed by atoms with Crippen molar-refractivity contribution in [3.05, 3.63) is 32.3 Å². The van der Waals surface area contributed by atoms with Crippen molar-refractivity contribution in [2.45, 2.75) is 19.3 Å². The third-order valence-electron chi connectivity index (χ3n) is 2.49. The summed E-state index contributed by atoms with van der Waals surface area (Å²) < 4.78 is 0. The molecule has 0 amide bonds. The van der Waals surface area contributed by atoms with E-state index in [2.05, 4.69) is 0 Å². The van der Waals surface area contributed by atoms with Crippen molar-refractivity contribution in [2.24, 2.45) is 0 Å². The Morgan fingerprint density at radius 1 is 1.29 bits per heavy atom. The van der Waals surface area contributed by atoms with E-state index in [1.165, 1.54) is 0 Å². The van der Waals surface area contributed by atoms with Crippen LogP contribution in [0.25, 0.3) is 0 Å². The first kappa shape index (κ1) is 10.3. The molecule has 0 heterocycles. The van der Waals surface area contributed by atoms with Crippen molar-refractivity contribution in [3.8, 4) is 0 Å². The van der Waals surface area contributed by atoms with Crippen LogP contribution in [-0.4, -0.2) is 5.78 Å². The normalized spacial score (nSPS) is 20.0. The minimum atomic E-state index is 0.0519. The van der Waals surface area contributed by atoms with Gasteiger partial charge in [-0.2, -0.15) is 0 Å². The van der Waals surface area contributed by atoms with Crippen LogP contribution in [0.2, 0.25) is 15.1 Å². The quantitative estimate of drug-likeness (QED) is 0.625. The van der Waals surface area contributed by atoms with Gasteiger partial charge in [0.15, 0.2) is 5.78 Å². The molecule has 74 valence electrons. The van der Waals surface area contributed by atoms with Gasteiger partial charge in [-0.1, -0.05) is 41.7 Å². The molecule has 1 aliphatic rings. The maximum atomic E-state index is 11.6. The van der Waals surface area contributed by atoms with Gasteiger partial charge in [0.05, 0.1) is 15.1 Å². The van der Waals surface area contributed by atoms with Gasteiger partial charge in [0.1, 0.15) is 0 Å². The molecule has 0 N–H and O–H groups in total. The molecule has 0 aliphatic heterocycles. The van der Waals surface area contributed by atoms with Crippen LogP contribution in [0.3, 0.4) is 0 Å². The second kappa shape index (κ2) is 3.41. The Labute approximate surface area is 97.0 Å². The molecule has 2 rings (SSSR count). The molecule has 1 unspecified atom stereocenters. The number of carbonyl (C=O) groups excluding carboxylic acids is 1. The van der Waals surface area contributed by atoms with E-state index >= 15 is 0 Å². The summed E-state index contributed by atoms with van der Waals surface area (Å²) >= 11 is 17.7. The summed E-state index contributed by atoms with van der Waals surface area (Å²) in [5, 5.41) is 0.981. The second-order valence-electron chi connectivity index (χ2n) is 3.48. The summed E-state index contributed by atoms with van der Waals surface area (Å²) in [7, 11) is 0. The highest BCUT2D eigenvalue weighted by molar-refractivity contribution is 6.49. The molecule has 0 radical (unpaired) electrons. The Balaban J connectivity index is 2.76. The zero-order valence-electron chi connectivity index (χ0n) is 7.40. The molecule has 1 aromatic carbocycles. The van der Waals surface area contributed by atoms with Gasteiger partial charge in [0, 0.05) is 12.0 Å². The predicted molar refractivity (Wildman–Crippen MR) is 58.8 cm³/mol. The van der Waals surface area contributed by atoms with Crippen molar-refractivity contribution in [2.75, 3.05) is 0 Å². The van der Waals surface area contributed by atoms with Crippen LogP contribution in [0, 0.1) is 0 Å². The zero-order chi connectivity index (χ0) is 10.5. The average Bonchev–Trinajstić information content (AvgIpc) is 2.38. The molecular formula is C10H7Cl3O. The Hall–Kier alpha value is -0.240. The Morgan fingerprint density at radius 2 is 1.93 bits per heavy atom. The van der Waals surface area contributed by atoms with Crippen LogP contribution in [0.4, 0.5) is 0 Å². The highest BCUT2D eigenvalue weighted by Gasteiger charge is 2.30. The van der Waals surface area contributed by atoms with Gasteiger partial charge in [-0.15, -0.1) is 0 Å². The third kappa shape index (κ3) is 1.35. The Bertz CT molecular complexity index is 426. The summed E-state index contributed by atoms with van der Waals surface area (Å²) in [6.45, 7) is 1.98. The maximum absolute atomic E-state index is 11.6. The lowest BCUT2D eigenvalue weighted by Crippen LogP contribution is -1.93. The number of carbonyl (C=O) groups is 1. The summed E-state index contributed by atoms with van der Waals surface area (Å²) in [6.07, 6.45) is 0.492. The summed E-state index contributed by atoms with van der Waals surface area (Å²) in [5.74, 6) is 0.237. The molecule has 0 aromatic heterocycles. The fourth-order valence-electron chi connectivity index (χ4n) is 1.78. The lowest BCUT2D eigenvalue weighted by atomic mass is 10.0. The van der Waals surface area contributed by atoms with Gasteiger partial charge in [0.25, 0.3) is 0 Å². The van der Waals surface area contributed by atoms with Crippen molar-refractivity contribution in [1.82, 2.24) is 0 Å². The van der Waals surface area contributed by atoms with E-state index in [1.807, 2.05) is 6.92 Å². The topological polar surface area (TPSA) is 17.1 Å². The van der Waals surface area contributed by atoms with E-state index in [0.29, 0.717) is 22.0 Å². The van der Waals surface area contributed by atoms with E-state index in [-0.39, 0.29) is 16.7 Å². The monoisotopic (exact) mass is 248 g/mol. The molecule has 0 spiro atoms. The fraction of sp³-hybridized carbons (Fsp3) is 0.300. The molecule has 14 heavy (non-hydrogen) atoms. The number of fused-ring (bicyclic) bond motifs is 1. The second-order valence-corrected chi connectivity index (χ2v) is 4.64. The molecule has 1 aromatic rings. The number of hydrogen-bond acceptors (Lipinski definition) is 1. The van der Waals surface area contributed by atoms with Crippen LogP contribution in [0.5, 0.6) is 0 Å². The SMILES string of the molecule is CC1CC(=O)c2c1cc(Cl)c(Cl)c2Cl. The largest absolute Gasteiger partial charge is 0.294 e. The van der Waals surface area contributed by atoms with Crippen molar-refractivity contribution in [1.29, 1.82) is 0 Å². The lowest BCUT2D eigenvalue weighted by molar-refractivity contribution is 0.0990. The first-order chi connectivity index (χ1) is 6.52. The van der Waals surface area contributed by atoms with Crippen LogP contribution < -0.4 is 0 Å². The standard InChI is InChI=1S/C10H7Cl3O/c1-4-2-7(14)8-5(4)3-6(11)9(12)10(8)13/h3-4H,2H2,1H3. The Kier molecular flexibility index (Phi) is 2.50. The van der Waals surface area contributed by atoms with Crippen LogP contribution >= 0.6 is 34.8 Å². The van der Waals surface area contributed by atoms with E-state index in [4.69, 9.17) is 34.8 Å². The van der Waals surface area contributed by atoms with Crippen molar-refractivity contribution in [3.63, 3.8) is 0 Å². The van der Waals surface area contributed by atoms with Crippen molar-refractivity contribution >= 4 is 40.6 Å². The van der Waals surface area contributed by atoms with Gasteiger partial charge in [0.2, 0.25) is 0 Å². The Morgan fingerprint density at radius 3 is 2.57 bits per heavy atom. The minimum absolute atomic E-state index is 0.0519. The lowest BCUT2D eigenvalue weighted by Gasteiger charge is -2.07. The number of ketones is 1. The number of Topliss-reactive ketones (excluding diaryl/α,β-unsaturated/α-hetero) is 1. The van der Waals surface area contributed by atoms with Gasteiger partial charge >= 0.3 is 0 Å². The van der Waals surface area contributed by atoms with Gasteiger partial charge in [-0.05, 0) is 17.5 Å². The third-order valence-corrected chi connectivity index (χ3v) is 3.76. The van der Waals surface area contributed by atoms with E-state index in [9.17, 15) is 4.79 Å². The molecule has 0 fully saturated rings. The minimum Gasteiger partial charge on any atom is -0.294 e. The summed E-state index contributed by atoms with van der Waals surface area (Å²) in [6, 6.07) is 1.74. The fourth-order valence-corrected chi connectivity index (χ4v) is 2.50. The molecule has 1 nitrogen and oxygen atoms in total. The van der Waals surface area contributed by atoms with Crippen LogP contribution in [-0.2, 0) is 0 Å².